The summed E-state index contributed by atoms with van der Waals surface area (Å²) in [7, 11) is 0. The molecule has 13 heteroatoms. The molecular weight excluding hydrogens is 667 g/mol. The van der Waals surface area contributed by atoms with Crippen LogP contribution in [0, 0.1) is 13.8 Å². The van der Waals surface area contributed by atoms with Gasteiger partial charge >= 0.3 is 0 Å². The van der Waals surface area contributed by atoms with Gasteiger partial charge in [0.05, 0.1) is 33.8 Å². The minimum atomic E-state index is -0.316. The molecular formula is C37H25N9O2S2. The van der Waals surface area contributed by atoms with E-state index < -0.39 is 0 Å². The molecule has 0 amide bonds. The van der Waals surface area contributed by atoms with Crippen molar-refractivity contribution in [1.29, 1.82) is 0 Å². The van der Waals surface area contributed by atoms with E-state index in [0.29, 0.717) is 64.5 Å². The Labute approximate surface area is 290 Å². The highest BCUT2D eigenvalue weighted by Gasteiger charge is 2.22. The molecule has 9 rings (SSSR count). The van der Waals surface area contributed by atoms with E-state index in [-0.39, 0.29) is 11.1 Å². The number of thiophene rings is 2. The zero-order valence-electron chi connectivity index (χ0n) is 26.6. The average Bonchev–Trinajstić information content (AvgIpc) is 3.71. The number of fused-ring (bicyclic) bond motifs is 6. The summed E-state index contributed by atoms with van der Waals surface area (Å²) < 4.78 is 3.02. The molecule has 2 aromatic carbocycles. The molecule has 0 fully saturated rings. The predicted molar refractivity (Wildman–Crippen MR) is 201 cm³/mol. The fourth-order valence-electron chi connectivity index (χ4n) is 6.29. The van der Waals surface area contributed by atoms with Crippen LogP contribution in [0.4, 0.5) is 0 Å². The van der Waals surface area contributed by atoms with Gasteiger partial charge in [-0.15, -0.1) is 22.7 Å². The normalized spacial score (nSPS) is 11.7. The first-order valence-electron chi connectivity index (χ1n) is 15.6. The van der Waals surface area contributed by atoms with Crippen LogP contribution in [0.2, 0.25) is 0 Å². The zero-order chi connectivity index (χ0) is 34.3. The molecule has 7 aromatic heterocycles. The van der Waals surface area contributed by atoms with Crippen LogP contribution in [0.5, 0.6) is 0 Å². The van der Waals surface area contributed by atoms with Gasteiger partial charge in [0.15, 0.2) is 0 Å². The molecule has 0 unspecified atom stereocenters. The van der Waals surface area contributed by atoms with Crippen molar-refractivity contribution >= 4 is 63.5 Å². The maximum absolute atomic E-state index is 13.2. The standard InChI is InChI=1S/C37H25N9O2S2/c1-18-40-30-28-22(20-10-5-3-6-11-20)16-26(43-34(28)49-32(30)36(47)45(18)38)24-14-9-15-25(42-24)27-17-23(21-12-7-4-8-13-21)29-31-33(50-35(29)44-27)37(48)46(39)19(2)41-31/h3-17H,38-39H2,1-2H3. The lowest BCUT2D eigenvalue weighted by Crippen LogP contribution is -2.29. The molecule has 0 spiro atoms. The van der Waals surface area contributed by atoms with Gasteiger partial charge in [0.1, 0.15) is 30.7 Å². The Morgan fingerprint density at radius 3 is 1.36 bits per heavy atom. The van der Waals surface area contributed by atoms with Crippen LogP contribution in [-0.2, 0) is 0 Å². The minimum absolute atomic E-state index is 0.316. The summed E-state index contributed by atoms with van der Waals surface area (Å²) in [5.74, 6) is 12.9. The fourth-order valence-corrected chi connectivity index (χ4v) is 8.44. The van der Waals surface area contributed by atoms with E-state index >= 15 is 0 Å². The Kier molecular flexibility index (Phi) is 6.63. The summed E-state index contributed by atoms with van der Waals surface area (Å²) >= 11 is 2.54. The average molecular weight is 692 g/mol. The molecule has 0 radical (unpaired) electrons. The third-order valence-corrected chi connectivity index (χ3v) is 10.9. The van der Waals surface area contributed by atoms with E-state index in [9.17, 15) is 9.59 Å². The number of benzene rings is 2. The van der Waals surface area contributed by atoms with Crippen LogP contribution in [0.3, 0.4) is 0 Å². The number of aryl methyl sites for hydroxylation is 2. The predicted octanol–water partition coefficient (Wildman–Crippen LogP) is 6.43. The summed E-state index contributed by atoms with van der Waals surface area (Å²) in [5, 5.41) is 1.59. The van der Waals surface area contributed by atoms with E-state index in [1.165, 1.54) is 22.7 Å². The number of nitrogens with zero attached hydrogens (tertiary/aromatic N) is 7. The van der Waals surface area contributed by atoms with Crippen LogP contribution < -0.4 is 22.8 Å². The lowest BCUT2D eigenvalue weighted by molar-refractivity contribution is 0.855. The molecule has 4 N–H and O–H groups in total. The van der Waals surface area contributed by atoms with Gasteiger partial charge in [0.2, 0.25) is 0 Å². The molecule has 9 aromatic rings. The van der Waals surface area contributed by atoms with E-state index in [4.69, 9.17) is 36.6 Å². The Balaban J connectivity index is 1.27. The molecule has 7 heterocycles. The van der Waals surface area contributed by atoms with Crippen molar-refractivity contribution < 1.29 is 0 Å². The van der Waals surface area contributed by atoms with Gasteiger partial charge in [-0.05, 0) is 60.4 Å². The lowest BCUT2D eigenvalue weighted by Gasteiger charge is -2.11. The van der Waals surface area contributed by atoms with E-state index in [2.05, 4.69) is 0 Å². The molecule has 0 aliphatic heterocycles. The first-order valence-corrected chi connectivity index (χ1v) is 17.2. The minimum Gasteiger partial charge on any atom is -0.335 e. The summed E-state index contributed by atoms with van der Waals surface area (Å²) in [6.07, 6.45) is 0. The SMILES string of the molecule is Cc1nc2c(sc3nc(-c4cccc(-c5cc(-c6ccccc6)c6c(n5)sc5c(=O)n(N)c(C)nc56)n4)cc(-c4ccccc4)c32)c(=O)n1N. The Bertz CT molecular complexity index is 2770. The number of aromatic nitrogens is 7. The molecule has 0 saturated heterocycles. The zero-order valence-corrected chi connectivity index (χ0v) is 28.2. The topological polar surface area (TPSA) is 160 Å². The first kappa shape index (κ1) is 29.8. The van der Waals surface area contributed by atoms with Crippen LogP contribution >= 0.6 is 22.7 Å². The quantitative estimate of drug-likeness (QED) is 0.198. The second-order valence-corrected chi connectivity index (χ2v) is 13.8. The summed E-state index contributed by atoms with van der Waals surface area (Å²) in [6, 6.07) is 29.6. The molecule has 242 valence electrons. The highest BCUT2D eigenvalue weighted by molar-refractivity contribution is 7.25. The Morgan fingerprint density at radius 2 is 0.940 bits per heavy atom. The molecule has 11 nitrogen and oxygen atoms in total. The van der Waals surface area contributed by atoms with Gasteiger partial charge in [-0.3, -0.25) is 9.59 Å². The van der Waals surface area contributed by atoms with Gasteiger partial charge < -0.3 is 11.7 Å². The fraction of sp³-hybridized carbons (Fsp3) is 0.0541. The van der Waals surface area contributed by atoms with Gasteiger partial charge in [-0.2, -0.15) is 0 Å². The monoisotopic (exact) mass is 691 g/mol. The van der Waals surface area contributed by atoms with Crippen LogP contribution in [0.15, 0.2) is 101 Å². The molecule has 50 heavy (non-hydrogen) atoms. The number of rotatable bonds is 4. The van der Waals surface area contributed by atoms with Crippen LogP contribution in [0.25, 0.3) is 85.9 Å². The van der Waals surface area contributed by atoms with E-state index in [1.54, 1.807) is 13.8 Å². The molecule has 0 bridgehead atoms. The number of nitrogens with two attached hydrogens (primary N) is 2. The van der Waals surface area contributed by atoms with Crippen molar-refractivity contribution in [2.75, 3.05) is 11.7 Å². The molecule has 0 atom stereocenters. The van der Waals surface area contributed by atoms with E-state index in [0.717, 1.165) is 42.4 Å². The van der Waals surface area contributed by atoms with Gasteiger partial charge in [0.25, 0.3) is 11.1 Å². The number of hydrogen-bond donors (Lipinski definition) is 2. The Hall–Kier alpha value is -6.31. The Morgan fingerprint density at radius 1 is 0.520 bits per heavy atom. The maximum Gasteiger partial charge on any atom is 0.289 e. The van der Waals surface area contributed by atoms with Crippen LogP contribution in [0.1, 0.15) is 11.6 Å². The second kappa shape index (κ2) is 11.1. The molecule has 0 aliphatic rings. The molecule has 0 saturated carbocycles. The summed E-state index contributed by atoms with van der Waals surface area (Å²) in [6.45, 7) is 3.42. The van der Waals surface area contributed by atoms with Gasteiger partial charge in [-0.25, -0.2) is 34.3 Å². The van der Waals surface area contributed by atoms with Crippen molar-refractivity contribution in [2.45, 2.75) is 13.8 Å². The third-order valence-electron chi connectivity index (χ3n) is 8.79. The van der Waals surface area contributed by atoms with Gasteiger partial charge in [-0.1, -0.05) is 66.7 Å². The van der Waals surface area contributed by atoms with Crippen molar-refractivity contribution in [2.24, 2.45) is 0 Å². The lowest BCUT2D eigenvalue weighted by atomic mass is 10.0. The van der Waals surface area contributed by atoms with E-state index in [1.807, 2.05) is 91.0 Å². The first-order chi connectivity index (χ1) is 24.3. The highest BCUT2D eigenvalue weighted by Crippen LogP contribution is 2.41. The largest absolute Gasteiger partial charge is 0.335 e. The molecule has 0 aliphatic carbocycles. The number of pyridine rings is 3. The second-order valence-electron chi connectivity index (χ2n) is 11.8. The van der Waals surface area contributed by atoms with Crippen LogP contribution in [-0.4, -0.2) is 34.3 Å². The smallest absolute Gasteiger partial charge is 0.289 e. The highest BCUT2D eigenvalue weighted by atomic mass is 32.1. The van der Waals surface area contributed by atoms with Gasteiger partial charge in [0, 0.05) is 10.8 Å². The number of hydrogen-bond acceptors (Lipinski definition) is 11. The van der Waals surface area contributed by atoms with Crippen molar-refractivity contribution in [3.63, 3.8) is 0 Å². The van der Waals surface area contributed by atoms with Crippen molar-refractivity contribution in [3.8, 4) is 45.0 Å². The number of nitrogen functional groups attached to an aromatic ring is 2. The van der Waals surface area contributed by atoms with Crippen molar-refractivity contribution in [3.05, 3.63) is 123 Å². The summed E-state index contributed by atoms with van der Waals surface area (Å²) in [4.78, 5) is 52.2. The van der Waals surface area contributed by atoms with Crippen molar-refractivity contribution in [1.82, 2.24) is 34.3 Å². The third kappa shape index (κ3) is 4.51. The maximum atomic E-state index is 13.2. The summed E-state index contributed by atoms with van der Waals surface area (Å²) in [5.41, 5.74) is 6.72.